The van der Waals surface area contributed by atoms with E-state index >= 15 is 0 Å². The van der Waals surface area contributed by atoms with Gasteiger partial charge in [-0.05, 0) is 54.5 Å². The lowest BCUT2D eigenvalue weighted by Crippen LogP contribution is -2.40. The number of rotatable bonds is 9. The summed E-state index contributed by atoms with van der Waals surface area (Å²) in [6, 6.07) is 26.8. The molecule has 0 N–H and O–H groups in total. The summed E-state index contributed by atoms with van der Waals surface area (Å²) in [7, 11) is 1.55. The van der Waals surface area contributed by atoms with Crippen LogP contribution in [0.3, 0.4) is 0 Å². The van der Waals surface area contributed by atoms with E-state index in [1.54, 1.807) is 50.4 Å². The number of esters is 1. The summed E-state index contributed by atoms with van der Waals surface area (Å²) in [5, 5.41) is 0.623. The maximum atomic E-state index is 14.3. The Bertz CT molecular complexity index is 2110. The predicted octanol–water partition coefficient (Wildman–Crippen LogP) is 6.32. The third-order valence-corrected chi connectivity index (χ3v) is 8.61. The smallest absolute Gasteiger partial charge is 0.338 e. The Morgan fingerprint density at radius 3 is 2.43 bits per heavy atom. The van der Waals surface area contributed by atoms with Crippen molar-refractivity contribution in [1.29, 1.82) is 0 Å². The summed E-state index contributed by atoms with van der Waals surface area (Å²) >= 11 is 7.22. The highest BCUT2D eigenvalue weighted by atomic mass is 35.5. The summed E-state index contributed by atoms with van der Waals surface area (Å²) < 4.78 is 33.2. The number of hydrogen-bond donors (Lipinski definition) is 0. The third kappa shape index (κ3) is 6.24. The molecule has 1 aromatic heterocycles. The van der Waals surface area contributed by atoms with Gasteiger partial charge in [-0.1, -0.05) is 89.7 Å². The number of halogens is 2. The van der Waals surface area contributed by atoms with Crippen LogP contribution in [0.5, 0.6) is 11.5 Å². The average molecular weight is 655 g/mol. The highest BCUT2D eigenvalue weighted by Crippen LogP contribution is 2.36. The highest BCUT2D eigenvalue weighted by Gasteiger charge is 2.35. The fourth-order valence-electron chi connectivity index (χ4n) is 5.24. The van der Waals surface area contributed by atoms with Crippen LogP contribution in [-0.4, -0.2) is 24.3 Å². The summed E-state index contributed by atoms with van der Waals surface area (Å²) in [6.07, 6.45) is 1.72. The van der Waals surface area contributed by atoms with Gasteiger partial charge in [-0.2, -0.15) is 0 Å². The largest absolute Gasteiger partial charge is 0.493 e. The minimum Gasteiger partial charge on any atom is -0.493 e. The Labute approximate surface area is 273 Å². The fourth-order valence-corrected chi connectivity index (χ4v) is 6.36. The number of methoxy groups -OCH3 is 1. The van der Waals surface area contributed by atoms with Crippen LogP contribution in [0.2, 0.25) is 5.02 Å². The number of carbonyl (C=O) groups is 1. The van der Waals surface area contributed by atoms with Crippen molar-refractivity contribution in [3.05, 3.63) is 155 Å². The molecule has 0 fully saturated rings. The van der Waals surface area contributed by atoms with Crippen molar-refractivity contribution in [1.82, 2.24) is 4.57 Å². The van der Waals surface area contributed by atoms with Crippen molar-refractivity contribution in [3.63, 3.8) is 0 Å². The minimum atomic E-state index is -0.917. The SMILES string of the molecule is CCOC(=O)C1=C(c2ccccc2)N=c2s/c(=C\c3cccc(OC)c3OCc3ccc(Cl)cc3)c(=O)n2[C@H]1c1ccc(F)cc1. The Hall–Kier alpha value is -4.99. The van der Waals surface area contributed by atoms with Crippen LogP contribution in [0.1, 0.15) is 35.2 Å². The van der Waals surface area contributed by atoms with Gasteiger partial charge in [0, 0.05) is 16.1 Å². The molecule has 232 valence electrons. The summed E-state index contributed by atoms with van der Waals surface area (Å²) in [4.78, 5) is 33.1. The standard InChI is InChI=1S/C36H28ClFN2O5S/c1-3-44-35(42)30-31(23-8-5-4-6-9-23)39-36-40(32(30)24-14-18-27(38)19-15-24)34(41)29(46-36)20-25-10-7-11-28(43-2)33(25)45-21-22-12-16-26(37)17-13-22/h4-20,32H,3,21H2,1-2H3/b29-20-/t32-/m0/s1. The van der Waals surface area contributed by atoms with Gasteiger partial charge in [-0.15, -0.1) is 0 Å². The van der Waals surface area contributed by atoms with E-state index in [1.807, 2.05) is 54.6 Å². The number of nitrogens with zero attached hydrogens (tertiary/aromatic N) is 2. The van der Waals surface area contributed by atoms with E-state index in [0.29, 0.717) is 48.2 Å². The second-order valence-corrected chi connectivity index (χ2v) is 11.7. The van der Waals surface area contributed by atoms with Gasteiger partial charge in [0.15, 0.2) is 16.3 Å². The Morgan fingerprint density at radius 2 is 1.74 bits per heavy atom. The van der Waals surface area contributed by atoms with Crippen LogP contribution in [0.4, 0.5) is 4.39 Å². The second kappa shape index (κ2) is 13.6. The number of benzene rings is 4. The van der Waals surface area contributed by atoms with Crippen molar-refractivity contribution < 1.29 is 23.4 Å². The molecule has 0 saturated carbocycles. The van der Waals surface area contributed by atoms with Crippen LogP contribution in [0, 0.1) is 5.82 Å². The van der Waals surface area contributed by atoms with E-state index in [-0.39, 0.29) is 24.3 Å². The van der Waals surface area contributed by atoms with Crippen LogP contribution >= 0.6 is 22.9 Å². The average Bonchev–Trinajstić information content (AvgIpc) is 3.38. The molecule has 0 aliphatic carbocycles. The third-order valence-electron chi connectivity index (χ3n) is 7.37. The zero-order chi connectivity index (χ0) is 32.2. The maximum absolute atomic E-state index is 14.3. The van der Waals surface area contributed by atoms with Gasteiger partial charge < -0.3 is 14.2 Å². The van der Waals surface area contributed by atoms with Crippen LogP contribution in [0.15, 0.2) is 112 Å². The summed E-state index contributed by atoms with van der Waals surface area (Å²) in [5.41, 5.74) is 2.93. The number of aromatic nitrogens is 1. The van der Waals surface area contributed by atoms with Crippen molar-refractivity contribution in [3.8, 4) is 11.5 Å². The van der Waals surface area contributed by atoms with Gasteiger partial charge in [0.05, 0.1) is 35.6 Å². The normalized spacial score (nSPS) is 14.4. The van der Waals surface area contributed by atoms with E-state index in [1.165, 1.54) is 28.0 Å². The fraction of sp³-hybridized carbons (Fsp3) is 0.139. The van der Waals surface area contributed by atoms with Gasteiger partial charge in [0.2, 0.25) is 0 Å². The van der Waals surface area contributed by atoms with E-state index in [4.69, 9.17) is 30.8 Å². The van der Waals surface area contributed by atoms with E-state index in [0.717, 1.165) is 5.56 Å². The van der Waals surface area contributed by atoms with Crippen molar-refractivity contribution in [2.75, 3.05) is 13.7 Å². The maximum Gasteiger partial charge on any atom is 0.338 e. The van der Waals surface area contributed by atoms with Crippen molar-refractivity contribution in [2.45, 2.75) is 19.6 Å². The number of para-hydroxylation sites is 1. The lowest BCUT2D eigenvalue weighted by molar-refractivity contribution is -0.138. The zero-order valence-electron chi connectivity index (χ0n) is 24.9. The molecule has 1 atom stereocenters. The van der Waals surface area contributed by atoms with Gasteiger partial charge in [-0.25, -0.2) is 14.2 Å². The van der Waals surface area contributed by atoms with Crippen LogP contribution in [-0.2, 0) is 16.1 Å². The molecular formula is C36H28ClFN2O5S. The van der Waals surface area contributed by atoms with Gasteiger partial charge in [-0.3, -0.25) is 9.36 Å². The minimum absolute atomic E-state index is 0.125. The molecule has 1 aliphatic rings. The van der Waals surface area contributed by atoms with Crippen molar-refractivity contribution in [2.24, 2.45) is 4.99 Å². The van der Waals surface area contributed by atoms with Gasteiger partial charge in [0.1, 0.15) is 12.4 Å². The molecule has 46 heavy (non-hydrogen) atoms. The Balaban J connectivity index is 1.54. The molecule has 5 aromatic rings. The number of fused-ring (bicyclic) bond motifs is 1. The highest BCUT2D eigenvalue weighted by molar-refractivity contribution is 7.07. The summed E-state index contributed by atoms with van der Waals surface area (Å²) in [5.74, 6) is -0.0988. The number of ether oxygens (including phenoxy) is 3. The predicted molar refractivity (Wildman–Crippen MR) is 176 cm³/mol. The van der Waals surface area contributed by atoms with Crippen LogP contribution in [0.25, 0.3) is 11.8 Å². The van der Waals surface area contributed by atoms with Crippen LogP contribution < -0.4 is 24.4 Å². The summed E-state index contributed by atoms with van der Waals surface area (Å²) in [6.45, 7) is 2.08. The lowest BCUT2D eigenvalue weighted by atomic mass is 9.93. The molecule has 4 aromatic carbocycles. The Morgan fingerprint density at radius 1 is 1.00 bits per heavy atom. The molecule has 0 saturated heterocycles. The zero-order valence-corrected chi connectivity index (χ0v) is 26.5. The first kappa shape index (κ1) is 31.0. The first-order chi connectivity index (χ1) is 22.4. The molecule has 0 spiro atoms. The molecule has 0 radical (unpaired) electrons. The quantitative estimate of drug-likeness (QED) is 0.174. The monoisotopic (exact) mass is 654 g/mol. The second-order valence-electron chi connectivity index (χ2n) is 10.3. The van der Waals surface area contributed by atoms with E-state index in [9.17, 15) is 14.0 Å². The molecule has 0 bridgehead atoms. The molecule has 7 nitrogen and oxygen atoms in total. The van der Waals surface area contributed by atoms with E-state index in [2.05, 4.69) is 0 Å². The van der Waals surface area contributed by atoms with Gasteiger partial charge >= 0.3 is 5.97 Å². The molecule has 0 unspecified atom stereocenters. The van der Waals surface area contributed by atoms with Gasteiger partial charge in [0.25, 0.3) is 5.56 Å². The molecule has 10 heteroatoms. The van der Waals surface area contributed by atoms with Crippen molar-refractivity contribution >= 4 is 40.7 Å². The van der Waals surface area contributed by atoms with E-state index < -0.39 is 17.8 Å². The molecule has 2 heterocycles. The molecule has 1 aliphatic heterocycles. The molecule has 0 amide bonds. The number of hydrogen-bond acceptors (Lipinski definition) is 7. The Kier molecular flexibility index (Phi) is 9.14. The molecule has 6 rings (SSSR count). The number of carbonyl (C=O) groups excluding carboxylic acids is 1. The lowest BCUT2D eigenvalue weighted by Gasteiger charge is -2.25. The first-order valence-electron chi connectivity index (χ1n) is 14.5. The number of thiazole rings is 1. The topological polar surface area (TPSA) is 79.1 Å². The first-order valence-corrected chi connectivity index (χ1v) is 15.7. The molecular weight excluding hydrogens is 627 g/mol.